The second-order valence-corrected chi connectivity index (χ2v) is 7.92. The van der Waals surface area contributed by atoms with Crippen LogP contribution in [0.4, 0.5) is 10.3 Å². The molecule has 6 nitrogen and oxygen atoms in total. The monoisotopic (exact) mass is 427 g/mol. The Labute approximate surface area is 182 Å². The van der Waals surface area contributed by atoms with Crippen LogP contribution in [0.5, 0.6) is 0 Å². The third-order valence-electron chi connectivity index (χ3n) is 5.15. The van der Waals surface area contributed by atoms with Crippen molar-refractivity contribution < 1.29 is 18.1 Å². The first-order valence-electron chi connectivity index (χ1n) is 10.7. The maximum atomic E-state index is 13.5. The predicted octanol–water partition coefficient (Wildman–Crippen LogP) is 5.49. The molecule has 0 unspecified atom stereocenters. The number of furan rings is 1. The number of halogens is 1. The van der Waals surface area contributed by atoms with E-state index >= 15 is 0 Å². The number of rotatable bonds is 10. The number of amides is 1. The highest BCUT2D eigenvalue weighted by Gasteiger charge is 2.26. The first kappa shape index (κ1) is 22.6. The predicted molar refractivity (Wildman–Crippen MR) is 118 cm³/mol. The highest BCUT2D eigenvalue weighted by molar-refractivity contribution is 5.77. The van der Waals surface area contributed by atoms with Crippen LogP contribution in [0.15, 0.2) is 51.6 Å². The smallest absolute Gasteiger partial charge is 0.232 e. The van der Waals surface area contributed by atoms with Crippen LogP contribution in [0.1, 0.15) is 45.4 Å². The summed E-state index contributed by atoms with van der Waals surface area (Å²) in [6.07, 6.45) is 2.03. The van der Waals surface area contributed by atoms with Crippen molar-refractivity contribution in [3.63, 3.8) is 0 Å². The number of carbonyl (C=O) groups excluding carboxylic acids is 1. The van der Waals surface area contributed by atoms with Gasteiger partial charge >= 0.3 is 0 Å². The third-order valence-corrected chi connectivity index (χ3v) is 5.15. The summed E-state index contributed by atoms with van der Waals surface area (Å²) in [6, 6.07) is 9.82. The van der Waals surface area contributed by atoms with Gasteiger partial charge in [-0.25, -0.2) is 4.39 Å². The van der Waals surface area contributed by atoms with Crippen LogP contribution < -0.4 is 4.90 Å². The van der Waals surface area contributed by atoms with Crippen molar-refractivity contribution in [3.05, 3.63) is 59.8 Å². The Balaban J connectivity index is 2.02. The standard InChI is InChI=1S/C24H30FN3O3/c1-5-27(6-2)24-21(23(26-31-24)18-9-11-19(25)12-10-18)16-28(22(29)14-17(3)4)15-20-8-7-13-30-20/h7-13,17H,5-6,14-16H2,1-4H3. The van der Waals surface area contributed by atoms with Crippen LogP contribution >= 0.6 is 0 Å². The van der Waals surface area contributed by atoms with E-state index in [1.165, 1.54) is 12.1 Å². The Bertz CT molecular complexity index is 961. The van der Waals surface area contributed by atoms with E-state index < -0.39 is 0 Å². The van der Waals surface area contributed by atoms with Gasteiger partial charge in [-0.1, -0.05) is 19.0 Å². The molecule has 0 spiro atoms. The number of nitrogens with zero attached hydrogens (tertiary/aromatic N) is 3. The van der Waals surface area contributed by atoms with Crippen LogP contribution in [0, 0.1) is 11.7 Å². The molecule has 7 heteroatoms. The number of hydrogen-bond acceptors (Lipinski definition) is 5. The fourth-order valence-corrected chi connectivity index (χ4v) is 3.53. The topological polar surface area (TPSA) is 62.7 Å². The molecule has 0 radical (unpaired) electrons. The Hall–Kier alpha value is -3.09. The molecule has 166 valence electrons. The largest absolute Gasteiger partial charge is 0.467 e. The van der Waals surface area contributed by atoms with E-state index in [4.69, 9.17) is 8.94 Å². The molecule has 0 aliphatic carbocycles. The minimum Gasteiger partial charge on any atom is -0.467 e. The van der Waals surface area contributed by atoms with Crippen molar-refractivity contribution in [2.75, 3.05) is 18.0 Å². The van der Waals surface area contributed by atoms with Crippen LogP contribution in [-0.2, 0) is 17.9 Å². The molecule has 0 bridgehead atoms. The quantitative estimate of drug-likeness (QED) is 0.428. The zero-order chi connectivity index (χ0) is 22.4. The summed E-state index contributed by atoms with van der Waals surface area (Å²) < 4.78 is 24.7. The summed E-state index contributed by atoms with van der Waals surface area (Å²) >= 11 is 0. The van der Waals surface area contributed by atoms with Gasteiger partial charge in [0.2, 0.25) is 11.8 Å². The molecular weight excluding hydrogens is 397 g/mol. The average Bonchev–Trinajstić information content (AvgIpc) is 3.39. The Kier molecular flexibility index (Phi) is 7.50. The van der Waals surface area contributed by atoms with Crippen LogP contribution in [0.3, 0.4) is 0 Å². The average molecular weight is 428 g/mol. The summed E-state index contributed by atoms with van der Waals surface area (Å²) in [7, 11) is 0. The van der Waals surface area contributed by atoms with E-state index in [1.54, 1.807) is 23.3 Å². The molecule has 3 aromatic rings. The summed E-state index contributed by atoms with van der Waals surface area (Å²) in [5.74, 6) is 1.28. The lowest BCUT2D eigenvalue weighted by Gasteiger charge is -2.25. The zero-order valence-corrected chi connectivity index (χ0v) is 18.6. The number of anilines is 1. The lowest BCUT2D eigenvalue weighted by atomic mass is 10.1. The molecule has 2 heterocycles. The maximum Gasteiger partial charge on any atom is 0.232 e. The lowest BCUT2D eigenvalue weighted by molar-refractivity contribution is -0.133. The van der Waals surface area contributed by atoms with Gasteiger partial charge in [0.1, 0.15) is 17.3 Å². The highest BCUT2D eigenvalue weighted by atomic mass is 19.1. The van der Waals surface area contributed by atoms with Crippen molar-refractivity contribution in [1.82, 2.24) is 10.1 Å². The SMILES string of the molecule is CCN(CC)c1onc(-c2ccc(F)cc2)c1CN(Cc1ccco1)C(=O)CC(C)C. The minimum absolute atomic E-state index is 0.0307. The van der Waals surface area contributed by atoms with E-state index in [1.807, 2.05) is 39.8 Å². The van der Waals surface area contributed by atoms with E-state index in [0.717, 1.165) is 24.2 Å². The molecule has 0 saturated heterocycles. The van der Waals surface area contributed by atoms with Crippen molar-refractivity contribution in [2.45, 2.75) is 47.2 Å². The fraction of sp³-hybridized carbons (Fsp3) is 0.417. The van der Waals surface area contributed by atoms with E-state index in [-0.39, 0.29) is 17.6 Å². The van der Waals surface area contributed by atoms with Gasteiger partial charge in [0.15, 0.2) is 0 Å². The molecule has 0 atom stereocenters. The van der Waals surface area contributed by atoms with E-state index in [2.05, 4.69) is 10.1 Å². The molecular formula is C24H30FN3O3. The normalized spacial score (nSPS) is 11.2. The molecule has 0 saturated carbocycles. The number of aromatic nitrogens is 1. The van der Waals surface area contributed by atoms with Gasteiger partial charge in [-0.15, -0.1) is 0 Å². The second-order valence-electron chi connectivity index (χ2n) is 7.92. The molecule has 31 heavy (non-hydrogen) atoms. The molecule has 3 rings (SSSR count). The van der Waals surface area contributed by atoms with Gasteiger partial charge < -0.3 is 18.7 Å². The van der Waals surface area contributed by atoms with Crippen LogP contribution in [0.2, 0.25) is 0 Å². The third kappa shape index (κ3) is 5.54. The Morgan fingerprint density at radius 1 is 1.10 bits per heavy atom. The highest BCUT2D eigenvalue weighted by Crippen LogP contribution is 2.33. The van der Waals surface area contributed by atoms with Gasteiger partial charge in [-0.2, -0.15) is 0 Å². The second kappa shape index (κ2) is 10.3. The molecule has 1 aromatic carbocycles. The molecule has 2 aromatic heterocycles. The molecule has 0 fully saturated rings. The van der Waals surface area contributed by atoms with Gasteiger partial charge in [0.25, 0.3) is 0 Å². The van der Waals surface area contributed by atoms with E-state index in [9.17, 15) is 9.18 Å². The van der Waals surface area contributed by atoms with Crippen LogP contribution in [-0.4, -0.2) is 29.1 Å². The van der Waals surface area contributed by atoms with Crippen molar-refractivity contribution in [3.8, 4) is 11.3 Å². The fourth-order valence-electron chi connectivity index (χ4n) is 3.53. The maximum absolute atomic E-state index is 13.5. The number of carbonyl (C=O) groups is 1. The Morgan fingerprint density at radius 2 is 1.81 bits per heavy atom. The molecule has 1 amide bonds. The van der Waals surface area contributed by atoms with Crippen molar-refractivity contribution >= 4 is 11.8 Å². The summed E-state index contributed by atoms with van der Waals surface area (Å²) in [5, 5.41) is 4.30. The minimum atomic E-state index is -0.315. The summed E-state index contributed by atoms with van der Waals surface area (Å²) in [4.78, 5) is 16.9. The van der Waals surface area contributed by atoms with Gasteiger partial charge in [-0.05, 0) is 56.2 Å². The van der Waals surface area contributed by atoms with E-state index in [0.29, 0.717) is 36.8 Å². The first-order chi connectivity index (χ1) is 14.9. The molecule has 0 aliphatic heterocycles. The molecule has 0 N–H and O–H groups in total. The van der Waals surface area contributed by atoms with Gasteiger partial charge in [0.05, 0.1) is 24.9 Å². The Morgan fingerprint density at radius 3 is 2.39 bits per heavy atom. The first-order valence-corrected chi connectivity index (χ1v) is 10.7. The summed E-state index contributed by atoms with van der Waals surface area (Å²) in [6.45, 7) is 10.3. The van der Waals surface area contributed by atoms with Crippen molar-refractivity contribution in [1.29, 1.82) is 0 Å². The van der Waals surface area contributed by atoms with Gasteiger partial charge in [0, 0.05) is 25.1 Å². The molecule has 0 aliphatic rings. The van der Waals surface area contributed by atoms with Gasteiger partial charge in [-0.3, -0.25) is 4.79 Å². The summed E-state index contributed by atoms with van der Waals surface area (Å²) in [5.41, 5.74) is 2.16. The lowest BCUT2D eigenvalue weighted by Crippen LogP contribution is -2.32. The van der Waals surface area contributed by atoms with Crippen molar-refractivity contribution in [2.24, 2.45) is 5.92 Å². The number of hydrogen-bond donors (Lipinski definition) is 0. The zero-order valence-electron chi connectivity index (χ0n) is 18.6. The number of benzene rings is 1. The van der Waals surface area contributed by atoms with Crippen LogP contribution in [0.25, 0.3) is 11.3 Å².